The van der Waals surface area contributed by atoms with Gasteiger partial charge in [0.05, 0.1) is 6.10 Å². The molecule has 36 heavy (non-hydrogen) atoms. The summed E-state index contributed by atoms with van der Waals surface area (Å²) >= 11 is 0. The maximum absolute atomic E-state index is 12.5. The van der Waals surface area contributed by atoms with Crippen LogP contribution in [0.4, 0.5) is 4.79 Å². The quantitative estimate of drug-likeness (QED) is 0.529. The molecule has 0 radical (unpaired) electrons. The van der Waals surface area contributed by atoms with E-state index in [9.17, 15) is 4.79 Å². The fourth-order valence-electron chi connectivity index (χ4n) is 7.43. The number of ether oxygens (including phenoxy) is 2. The number of rotatable bonds is 5. The second kappa shape index (κ2) is 9.09. The average Bonchev–Trinajstić information content (AvgIpc) is 2.83. The lowest BCUT2D eigenvalue weighted by atomic mass is 9.53. The minimum Gasteiger partial charge on any atom is -0.490 e. The van der Waals surface area contributed by atoms with E-state index >= 15 is 0 Å². The maximum Gasteiger partial charge on any atom is 0.405 e. The number of primary amides is 1. The van der Waals surface area contributed by atoms with Crippen molar-refractivity contribution in [3.05, 3.63) is 52.6 Å². The SMILES string of the molecule is Cc1cc(-c2ccc3c(c2)CCC(C)(C)[C@]3(OC(N)=O)[C@@H]2CN3CCC2CC3)cc(C)c1OC(C)C. The van der Waals surface area contributed by atoms with Gasteiger partial charge in [-0.1, -0.05) is 32.0 Å². The Morgan fingerprint density at radius 3 is 2.28 bits per heavy atom. The van der Waals surface area contributed by atoms with Gasteiger partial charge in [0.15, 0.2) is 0 Å². The van der Waals surface area contributed by atoms with Crippen LogP contribution in [0.1, 0.15) is 69.2 Å². The van der Waals surface area contributed by atoms with Crippen molar-refractivity contribution in [3.8, 4) is 16.9 Å². The lowest BCUT2D eigenvalue weighted by molar-refractivity contribution is -0.173. The van der Waals surface area contributed by atoms with Gasteiger partial charge in [-0.25, -0.2) is 4.79 Å². The summed E-state index contributed by atoms with van der Waals surface area (Å²) in [6.45, 7) is 16.2. The highest BCUT2D eigenvalue weighted by Gasteiger charge is 2.60. The van der Waals surface area contributed by atoms with E-state index in [-0.39, 0.29) is 17.4 Å². The summed E-state index contributed by atoms with van der Waals surface area (Å²) in [5, 5.41) is 0. The Kier molecular flexibility index (Phi) is 6.35. The number of piperidine rings is 3. The molecule has 3 saturated heterocycles. The molecule has 2 aromatic carbocycles. The maximum atomic E-state index is 12.5. The van der Waals surface area contributed by atoms with Crippen LogP contribution in [-0.4, -0.2) is 36.7 Å². The summed E-state index contributed by atoms with van der Waals surface area (Å²) in [5.74, 6) is 1.78. The number of hydrogen-bond acceptors (Lipinski definition) is 4. The molecule has 0 aromatic heterocycles. The van der Waals surface area contributed by atoms with Crippen LogP contribution in [0.5, 0.6) is 5.75 Å². The molecule has 3 fully saturated rings. The number of carbonyl (C=O) groups excluding carboxylic acids is 1. The molecule has 2 bridgehead atoms. The molecule has 2 aromatic rings. The zero-order chi connectivity index (χ0) is 25.8. The fraction of sp³-hybridized carbons (Fsp3) is 0.581. The number of fused-ring (bicyclic) bond motifs is 4. The van der Waals surface area contributed by atoms with Crippen LogP contribution in [0.15, 0.2) is 30.3 Å². The summed E-state index contributed by atoms with van der Waals surface area (Å²) in [7, 11) is 0. The van der Waals surface area contributed by atoms with Crippen LogP contribution in [0, 0.1) is 31.1 Å². The number of hydrogen-bond donors (Lipinski definition) is 1. The number of nitrogens with two attached hydrogens (primary N) is 1. The van der Waals surface area contributed by atoms with Crippen molar-refractivity contribution >= 4 is 6.09 Å². The summed E-state index contributed by atoms with van der Waals surface area (Å²) in [4.78, 5) is 15.0. The first kappa shape index (κ1) is 25.1. The van der Waals surface area contributed by atoms with Crippen molar-refractivity contribution in [2.75, 3.05) is 19.6 Å². The molecule has 0 spiro atoms. The number of amides is 1. The standard InChI is InChI=1S/C31H42N2O3/c1-19(2)35-28-20(3)15-25(16-21(28)4)23-7-8-26-24(17-23)9-12-30(5,6)31(26,36-29(32)34)27-18-33-13-10-22(27)11-14-33/h7-8,15-17,19,22,27H,9-14,18H2,1-6H3,(H2,32,34)/t27-,31-/m1/s1. The van der Waals surface area contributed by atoms with E-state index in [0.29, 0.717) is 5.92 Å². The largest absolute Gasteiger partial charge is 0.490 e. The zero-order valence-electron chi connectivity index (χ0n) is 22.8. The molecule has 2 N–H and O–H groups in total. The second-order valence-corrected chi connectivity index (χ2v) is 12.3. The number of nitrogens with zero attached hydrogens (tertiary/aromatic N) is 1. The van der Waals surface area contributed by atoms with Gasteiger partial charge in [0.2, 0.25) is 0 Å². The predicted molar refractivity (Wildman–Crippen MR) is 144 cm³/mol. The third-order valence-corrected chi connectivity index (χ3v) is 9.12. The Bertz CT molecular complexity index is 1140. The van der Waals surface area contributed by atoms with Gasteiger partial charge >= 0.3 is 6.09 Å². The van der Waals surface area contributed by atoms with E-state index in [2.05, 4.69) is 76.8 Å². The summed E-state index contributed by atoms with van der Waals surface area (Å²) < 4.78 is 12.4. The summed E-state index contributed by atoms with van der Waals surface area (Å²) in [5.41, 5.74) is 12.0. The Balaban J connectivity index is 1.61. The number of benzene rings is 2. The van der Waals surface area contributed by atoms with Gasteiger partial charge in [0.25, 0.3) is 0 Å². The first-order valence-corrected chi connectivity index (χ1v) is 13.6. The number of carbonyl (C=O) groups is 1. The van der Waals surface area contributed by atoms with Crippen LogP contribution in [0.25, 0.3) is 11.1 Å². The monoisotopic (exact) mass is 490 g/mol. The van der Waals surface area contributed by atoms with Crippen molar-refractivity contribution in [1.29, 1.82) is 0 Å². The molecular formula is C31H42N2O3. The first-order valence-electron chi connectivity index (χ1n) is 13.6. The van der Waals surface area contributed by atoms with Gasteiger partial charge < -0.3 is 20.1 Å². The van der Waals surface area contributed by atoms with E-state index < -0.39 is 11.7 Å². The van der Waals surface area contributed by atoms with E-state index in [1.807, 2.05) is 0 Å². The normalized spacial score (nSPS) is 28.6. The molecule has 6 rings (SSSR count). The third kappa shape index (κ3) is 4.09. The van der Waals surface area contributed by atoms with E-state index in [1.165, 1.54) is 29.5 Å². The highest BCUT2D eigenvalue weighted by Crippen LogP contribution is 2.59. The zero-order valence-corrected chi connectivity index (χ0v) is 22.8. The van der Waals surface area contributed by atoms with Gasteiger partial charge in [-0.2, -0.15) is 0 Å². The number of aryl methyl sites for hydroxylation is 3. The van der Waals surface area contributed by atoms with Gasteiger partial charge in [-0.15, -0.1) is 0 Å². The smallest absolute Gasteiger partial charge is 0.405 e. The minimum absolute atomic E-state index is 0.144. The molecule has 0 unspecified atom stereocenters. The highest BCUT2D eigenvalue weighted by atomic mass is 16.6. The fourth-order valence-corrected chi connectivity index (χ4v) is 7.43. The van der Waals surface area contributed by atoms with Crippen LogP contribution >= 0.6 is 0 Å². The molecule has 3 heterocycles. The summed E-state index contributed by atoms with van der Waals surface area (Å²) in [6.07, 6.45) is 3.74. The molecule has 5 nitrogen and oxygen atoms in total. The van der Waals surface area contributed by atoms with Crippen molar-refractivity contribution in [3.63, 3.8) is 0 Å². The molecule has 0 saturated carbocycles. The van der Waals surface area contributed by atoms with Crippen molar-refractivity contribution in [2.24, 2.45) is 23.0 Å². The van der Waals surface area contributed by atoms with Gasteiger partial charge in [0, 0.05) is 17.9 Å². The van der Waals surface area contributed by atoms with Gasteiger partial charge in [-0.05, 0) is 118 Å². The molecular weight excluding hydrogens is 448 g/mol. The Hall–Kier alpha value is -2.53. The highest BCUT2D eigenvalue weighted by molar-refractivity contribution is 5.70. The van der Waals surface area contributed by atoms with E-state index in [4.69, 9.17) is 15.2 Å². The van der Waals surface area contributed by atoms with Crippen molar-refractivity contribution in [2.45, 2.75) is 78.9 Å². The van der Waals surface area contributed by atoms with Gasteiger partial charge in [-0.3, -0.25) is 0 Å². The summed E-state index contributed by atoms with van der Waals surface area (Å²) in [6, 6.07) is 11.2. The molecule has 4 aliphatic rings. The molecule has 2 atom stereocenters. The molecule has 1 amide bonds. The predicted octanol–water partition coefficient (Wildman–Crippen LogP) is 6.36. The van der Waals surface area contributed by atoms with E-state index in [0.717, 1.165) is 54.9 Å². The lowest BCUT2D eigenvalue weighted by Gasteiger charge is -2.59. The minimum atomic E-state index is -0.713. The van der Waals surface area contributed by atoms with Crippen LogP contribution in [0.2, 0.25) is 0 Å². The molecule has 194 valence electrons. The van der Waals surface area contributed by atoms with Gasteiger partial charge in [0.1, 0.15) is 11.4 Å². The molecule has 3 aliphatic heterocycles. The Labute approximate surface area is 216 Å². The first-order chi connectivity index (χ1) is 17.0. The van der Waals surface area contributed by atoms with Crippen LogP contribution in [0.3, 0.4) is 0 Å². The topological polar surface area (TPSA) is 64.8 Å². The Morgan fingerprint density at radius 2 is 1.72 bits per heavy atom. The lowest BCUT2D eigenvalue weighted by Crippen LogP contribution is -2.62. The van der Waals surface area contributed by atoms with Crippen LogP contribution < -0.4 is 10.5 Å². The van der Waals surface area contributed by atoms with Crippen molar-refractivity contribution < 1.29 is 14.3 Å². The van der Waals surface area contributed by atoms with Crippen molar-refractivity contribution in [1.82, 2.24) is 4.90 Å². The Morgan fingerprint density at radius 1 is 1.06 bits per heavy atom. The average molecular weight is 491 g/mol. The molecule has 1 aliphatic carbocycles. The van der Waals surface area contributed by atoms with E-state index in [1.54, 1.807) is 0 Å². The van der Waals surface area contributed by atoms with Crippen LogP contribution in [-0.2, 0) is 16.8 Å². The molecule has 5 heteroatoms. The third-order valence-electron chi connectivity index (χ3n) is 9.12. The second-order valence-electron chi connectivity index (χ2n) is 12.3.